The van der Waals surface area contributed by atoms with Gasteiger partial charge in [0.2, 0.25) is 0 Å². The first kappa shape index (κ1) is 23.8. The molecule has 178 valence electrons. The number of ether oxygens (including phenoxy) is 1. The third-order valence-corrected chi connectivity index (χ3v) is 4.97. The van der Waals surface area contributed by atoms with Crippen molar-refractivity contribution in [1.29, 1.82) is 0 Å². The molecule has 35 heavy (non-hydrogen) atoms. The molecule has 0 saturated carbocycles. The Kier molecular flexibility index (Phi) is 7.01. The molecule has 4 rings (SSSR count). The number of rotatable bonds is 6. The lowest BCUT2D eigenvalue weighted by Gasteiger charge is -2.33. The molecule has 0 aliphatic rings. The Bertz CT molecular complexity index is 1220. The Labute approximate surface area is 203 Å². The van der Waals surface area contributed by atoms with Crippen LogP contribution in [0.4, 0.5) is 26.5 Å². The normalized spacial score (nSPS) is 11.2. The number of hydrogen-bond acceptors (Lipinski definition) is 6. The van der Waals surface area contributed by atoms with Gasteiger partial charge in [-0.1, -0.05) is 18.2 Å². The molecule has 0 unspecified atom stereocenters. The summed E-state index contributed by atoms with van der Waals surface area (Å²) in [6, 6.07) is 18.7. The SMILES string of the molecule is CC(C)(C)OC(=O)Nc1cccc(N(c2ccc(F)cc2)C(c2cccnc2)c2cccnc2)n1. The molecule has 1 N–H and O–H groups in total. The van der Waals surface area contributed by atoms with Crippen molar-refractivity contribution >= 4 is 23.4 Å². The fraction of sp³-hybridized carbons (Fsp3) is 0.185. The molecular weight excluding hydrogens is 445 g/mol. The number of aromatic nitrogens is 3. The van der Waals surface area contributed by atoms with E-state index in [1.807, 2.05) is 35.2 Å². The van der Waals surface area contributed by atoms with Crippen LogP contribution in [0.25, 0.3) is 0 Å². The van der Waals surface area contributed by atoms with Gasteiger partial charge in [-0.2, -0.15) is 0 Å². The number of anilines is 3. The maximum atomic E-state index is 13.8. The average molecular weight is 472 g/mol. The number of nitrogens with one attached hydrogen (secondary N) is 1. The lowest BCUT2D eigenvalue weighted by molar-refractivity contribution is 0.0635. The van der Waals surface area contributed by atoms with Gasteiger partial charge in [-0.15, -0.1) is 0 Å². The number of carbonyl (C=O) groups excluding carboxylic acids is 1. The van der Waals surface area contributed by atoms with E-state index in [4.69, 9.17) is 9.72 Å². The molecule has 0 bridgehead atoms. The summed E-state index contributed by atoms with van der Waals surface area (Å²) < 4.78 is 19.2. The molecule has 0 saturated heterocycles. The van der Waals surface area contributed by atoms with Crippen molar-refractivity contribution in [2.45, 2.75) is 32.4 Å². The molecule has 0 radical (unpaired) electrons. The molecule has 0 fully saturated rings. The van der Waals surface area contributed by atoms with Crippen molar-refractivity contribution in [2.24, 2.45) is 0 Å². The number of amides is 1. The number of carbonyl (C=O) groups is 1. The van der Waals surface area contributed by atoms with Crippen LogP contribution in [-0.2, 0) is 4.74 Å². The van der Waals surface area contributed by atoms with E-state index in [1.165, 1.54) is 12.1 Å². The summed E-state index contributed by atoms with van der Waals surface area (Å²) in [6.45, 7) is 5.37. The summed E-state index contributed by atoms with van der Waals surface area (Å²) in [5.74, 6) is 0.504. The van der Waals surface area contributed by atoms with Crippen molar-refractivity contribution in [2.75, 3.05) is 10.2 Å². The van der Waals surface area contributed by atoms with Gasteiger partial charge in [-0.25, -0.2) is 14.2 Å². The molecular formula is C27H26FN5O2. The van der Waals surface area contributed by atoms with Crippen LogP contribution >= 0.6 is 0 Å². The van der Waals surface area contributed by atoms with Crippen molar-refractivity contribution in [3.05, 3.63) is 108 Å². The third kappa shape index (κ3) is 6.17. The summed E-state index contributed by atoms with van der Waals surface area (Å²) in [5.41, 5.74) is 1.83. The minimum Gasteiger partial charge on any atom is -0.444 e. The van der Waals surface area contributed by atoms with Gasteiger partial charge in [0, 0.05) is 30.5 Å². The molecule has 3 aromatic heterocycles. The summed E-state index contributed by atoms with van der Waals surface area (Å²) >= 11 is 0. The molecule has 0 aliphatic carbocycles. The smallest absolute Gasteiger partial charge is 0.413 e. The highest BCUT2D eigenvalue weighted by molar-refractivity contribution is 5.84. The van der Waals surface area contributed by atoms with Gasteiger partial charge in [-0.05, 0) is 80.4 Å². The van der Waals surface area contributed by atoms with Gasteiger partial charge < -0.3 is 9.64 Å². The maximum Gasteiger partial charge on any atom is 0.413 e. The van der Waals surface area contributed by atoms with Gasteiger partial charge in [0.1, 0.15) is 23.1 Å². The van der Waals surface area contributed by atoms with E-state index in [1.54, 1.807) is 69.8 Å². The van der Waals surface area contributed by atoms with E-state index in [2.05, 4.69) is 15.3 Å². The third-order valence-electron chi connectivity index (χ3n) is 4.97. The van der Waals surface area contributed by atoms with E-state index < -0.39 is 11.7 Å². The Morgan fingerprint density at radius 3 is 2.09 bits per heavy atom. The van der Waals surface area contributed by atoms with Crippen molar-refractivity contribution < 1.29 is 13.9 Å². The van der Waals surface area contributed by atoms with Crippen LogP contribution in [0.1, 0.15) is 37.9 Å². The molecule has 0 atom stereocenters. The lowest BCUT2D eigenvalue weighted by Crippen LogP contribution is -2.28. The van der Waals surface area contributed by atoms with E-state index in [0.29, 0.717) is 17.3 Å². The van der Waals surface area contributed by atoms with Crippen LogP contribution in [0.3, 0.4) is 0 Å². The summed E-state index contributed by atoms with van der Waals surface area (Å²) in [7, 11) is 0. The minimum absolute atomic E-state index is 0.319. The van der Waals surface area contributed by atoms with Crippen LogP contribution in [0.2, 0.25) is 0 Å². The van der Waals surface area contributed by atoms with Crippen LogP contribution in [0.15, 0.2) is 91.5 Å². The van der Waals surface area contributed by atoms with E-state index in [-0.39, 0.29) is 11.9 Å². The first-order valence-corrected chi connectivity index (χ1v) is 11.1. The zero-order valence-corrected chi connectivity index (χ0v) is 19.7. The predicted octanol–water partition coefficient (Wildman–Crippen LogP) is 6.29. The maximum absolute atomic E-state index is 13.8. The summed E-state index contributed by atoms with van der Waals surface area (Å²) in [6.07, 6.45) is 6.35. The molecule has 8 heteroatoms. The first-order chi connectivity index (χ1) is 16.8. The molecule has 1 amide bonds. The second-order valence-corrected chi connectivity index (χ2v) is 8.83. The van der Waals surface area contributed by atoms with Crippen molar-refractivity contribution in [3.8, 4) is 0 Å². The highest BCUT2D eigenvalue weighted by Crippen LogP contribution is 2.38. The highest BCUT2D eigenvalue weighted by atomic mass is 19.1. The molecule has 1 aromatic carbocycles. The summed E-state index contributed by atoms with van der Waals surface area (Å²) in [4.78, 5) is 27.6. The van der Waals surface area contributed by atoms with E-state index >= 15 is 0 Å². The highest BCUT2D eigenvalue weighted by Gasteiger charge is 2.27. The molecule has 4 aromatic rings. The van der Waals surface area contributed by atoms with E-state index in [0.717, 1.165) is 11.1 Å². The van der Waals surface area contributed by atoms with Gasteiger partial charge in [0.25, 0.3) is 0 Å². The van der Waals surface area contributed by atoms with Gasteiger partial charge in [0.05, 0.1) is 6.04 Å². The molecule has 0 spiro atoms. The largest absolute Gasteiger partial charge is 0.444 e. The minimum atomic E-state index is -0.645. The fourth-order valence-corrected chi connectivity index (χ4v) is 3.62. The van der Waals surface area contributed by atoms with Gasteiger partial charge in [0.15, 0.2) is 0 Å². The topological polar surface area (TPSA) is 80.2 Å². The van der Waals surface area contributed by atoms with Crippen LogP contribution in [0, 0.1) is 5.82 Å². The average Bonchev–Trinajstić information content (AvgIpc) is 2.83. The standard InChI is InChI=1S/C27H26FN5O2/c1-27(2,3)35-26(34)32-23-9-4-10-24(31-23)33(22-13-11-21(28)12-14-22)25(19-7-5-15-29-17-19)20-8-6-16-30-18-20/h4-18,25H,1-3H3,(H,31,32,34). The van der Waals surface area contributed by atoms with Gasteiger partial charge >= 0.3 is 6.09 Å². The predicted molar refractivity (Wildman–Crippen MR) is 133 cm³/mol. The zero-order chi connectivity index (χ0) is 24.8. The second kappa shape index (κ2) is 10.3. The Balaban J connectivity index is 1.82. The Morgan fingerprint density at radius 1 is 0.914 bits per heavy atom. The second-order valence-electron chi connectivity index (χ2n) is 8.83. The van der Waals surface area contributed by atoms with Crippen molar-refractivity contribution in [3.63, 3.8) is 0 Å². The lowest BCUT2D eigenvalue weighted by atomic mass is 9.99. The summed E-state index contributed by atoms with van der Waals surface area (Å²) in [5, 5.41) is 2.69. The van der Waals surface area contributed by atoms with Gasteiger partial charge in [-0.3, -0.25) is 15.3 Å². The number of nitrogens with zero attached hydrogens (tertiary/aromatic N) is 4. The van der Waals surface area contributed by atoms with Crippen LogP contribution in [0.5, 0.6) is 0 Å². The molecule has 3 heterocycles. The Morgan fingerprint density at radius 2 is 1.54 bits per heavy atom. The first-order valence-electron chi connectivity index (χ1n) is 11.1. The molecule has 7 nitrogen and oxygen atoms in total. The van der Waals surface area contributed by atoms with Crippen LogP contribution in [-0.4, -0.2) is 26.6 Å². The van der Waals surface area contributed by atoms with Crippen LogP contribution < -0.4 is 10.2 Å². The van der Waals surface area contributed by atoms with E-state index in [9.17, 15) is 9.18 Å². The van der Waals surface area contributed by atoms with Crippen molar-refractivity contribution in [1.82, 2.24) is 15.0 Å². The monoisotopic (exact) mass is 471 g/mol. The molecule has 0 aliphatic heterocycles. The Hall–Kier alpha value is -4.33. The number of benzene rings is 1. The quantitative estimate of drug-likeness (QED) is 0.356. The number of pyridine rings is 3. The fourth-order valence-electron chi connectivity index (χ4n) is 3.62. The number of hydrogen-bond donors (Lipinski definition) is 1. The zero-order valence-electron chi connectivity index (χ0n) is 19.7. The number of halogens is 1.